The molecular weight excluding hydrogens is 222 g/mol. The van der Waals surface area contributed by atoms with Crippen LogP contribution in [0.25, 0.3) is 10.9 Å². The normalized spacial score (nSPS) is 12.3. The Balaban J connectivity index is 2.34. The van der Waals surface area contributed by atoms with E-state index in [1.54, 1.807) is 0 Å². The monoisotopic (exact) mass is 239 g/mol. The average molecular weight is 239 g/mol. The maximum absolute atomic E-state index is 10.3. The molecule has 1 aromatic carbocycles. The van der Waals surface area contributed by atoms with Gasteiger partial charge in [0.15, 0.2) is 0 Å². The Bertz CT molecular complexity index is 583. The van der Waals surface area contributed by atoms with Crippen LogP contribution in [0.3, 0.4) is 0 Å². The minimum atomic E-state index is -0.468. The summed E-state index contributed by atoms with van der Waals surface area (Å²) in [7, 11) is 0. The fourth-order valence-electron chi connectivity index (χ4n) is 2.17. The number of hydrogen-bond donors (Lipinski definition) is 1. The zero-order chi connectivity index (χ0) is 13.0. The van der Waals surface area contributed by atoms with Gasteiger partial charge in [0.2, 0.25) is 0 Å². The Kier molecular flexibility index (Phi) is 3.96. The van der Waals surface area contributed by atoms with E-state index in [1.165, 1.54) is 0 Å². The van der Waals surface area contributed by atoms with E-state index in [9.17, 15) is 5.11 Å². The summed E-state index contributed by atoms with van der Waals surface area (Å²) >= 11 is 0. The minimum absolute atomic E-state index is 0.468. The van der Waals surface area contributed by atoms with Gasteiger partial charge in [-0.3, -0.25) is 4.98 Å². The summed E-state index contributed by atoms with van der Waals surface area (Å²) in [6.07, 6.45) is 7.00. The van der Waals surface area contributed by atoms with Gasteiger partial charge in [-0.05, 0) is 37.5 Å². The van der Waals surface area contributed by atoms with Crippen LogP contribution in [-0.4, -0.2) is 10.1 Å². The summed E-state index contributed by atoms with van der Waals surface area (Å²) in [4.78, 5) is 4.47. The molecule has 1 atom stereocenters. The smallest absolute Gasteiger partial charge is 0.0797 e. The fourth-order valence-corrected chi connectivity index (χ4v) is 2.17. The maximum Gasteiger partial charge on any atom is 0.0797 e. The van der Waals surface area contributed by atoms with Gasteiger partial charge >= 0.3 is 0 Å². The second-order valence-electron chi connectivity index (χ2n) is 4.48. The van der Waals surface area contributed by atoms with E-state index in [2.05, 4.69) is 10.9 Å². The minimum Gasteiger partial charge on any atom is -0.388 e. The van der Waals surface area contributed by atoms with Crippen molar-refractivity contribution >= 4 is 10.9 Å². The van der Waals surface area contributed by atoms with Crippen molar-refractivity contribution in [2.75, 3.05) is 0 Å². The molecule has 1 unspecified atom stereocenters. The third-order valence-corrected chi connectivity index (χ3v) is 3.03. The zero-order valence-corrected chi connectivity index (χ0v) is 10.6. The molecule has 1 aromatic heterocycles. The molecule has 0 radical (unpaired) electrons. The molecule has 2 aromatic rings. The molecule has 2 heteroatoms. The molecule has 0 saturated carbocycles. The highest BCUT2D eigenvalue weighted by Gasteiger charge is 2.12. The Morgan fingerprint density at radius 1 is 1.39 bits per heavy atom. The van der Waals surface area contributed by atoms with Crippen molar-refractivity contribution in [2.45, 2.75) is 32.3 Å². The van der Waals surface area contributed by atoms with E-state index < -0.39 is 6.10 Å². The molecule has 1 heterocycles. The van der Waals surface area contributed by atoms with E-state index in [4.69, 9.17) is 6.42 Å². The van der Waals surface area contributed by atoms with Crippen LogP contribution in [0.4, 0.5) is 0 Å². The molecule has 0 fully saturated rings. The highest BCUT2D eigenvalue weighted by Crippen LogP contribution is 2.27. The molecule has 1 N–H and O–H groups in total. The number of hydrogen-bond acceptors (Lipinski definition) is 2. The Morgan fingerprint density at radius 2 is 2.17 bits per heavy atom. The molecule has 92 valence electrons. The summed E-state index contributed by atoms with van der Waals surface area (Å²) in [6, 6.07) is 9.87. The van der Waals surface area contributed by atoms with Gasteiger partial charge in [-0.2, -0.15) is 0 Å². The van der Waals surface area contributed by atoms with Crippen molar-refractivity contribution in [1.82, 2.24) is 4.98 Å². The van der Waals surface area contributed by atoms with Gasteiger partial charge in [0.25, 0.3) is 0 Å². The van der Waals surface area contributed by atoms with Crippen molar-refractivity contribution in [3.63, 3.8) is 0 Å². The van der Waals surface area contributed by atoms with Crippen molar-refractivity contribution in [3.05, 3.63) is 41.6 Å². The van der Waals surface area contributed by atoms with Gasteiger partial charge in [0.05, 0.1) is 11.6 Å². The number of terminal acetylenes is 1. The SMILES string of the molecule is C#CCCCC(O)c1cc(C)nc2ccccc12. The third kappa shape index (κ3) is 2.69. The van der Waals surface area contributed by atoms with Crippen molar-refractivity contribution in [2.24, 2.45) is 0 Å². The standard InChI is InChI=1S/C16H17NO/c1-3-4-5-10-16(18)14-11-12(2)17-15-9-7-6-8-13(14)15/h1,6-9,11,16,18H,4-5,10H2,2H3. The van der Waals surface area contributed by atoms with Crippen molar-refractivity contribution in [1.29, 1.82) is 0 Å². The summed E-state index contributed by atoms with van der Waals surface area (Å²) in [6.45, 7) is 1.95. The summed E-state index contributed by atoms with van der Waals surface area (Å²) < 4.78 is 0. The van der Waals surface area contributed by atoms with Gasteiger partial charge in [0, 0.05) is 17.5 Å². The Morgan fingerprint density at radius 3 is 2.94 bits per heavy atom. The van der Waals surface area contributed by atoms with Crippen LogP contribution < -0.4 is 0 Å². The van der Waals surface area contributed by atoms with Crippen LogP contribution in [0.5, 0.6) is 0 Å². The number of nitrogens with zero attached hydrogens (tertiary/aromatic N) is 1. The van der Waals surface area contributed by atoms with E-state index in [1.807, 2.05) is 37.3 Å². The van der Waals surface area contributed by atoms with Gasteiger partial charge < -0.3 is 5.11 Å². The number of unbranched alkanes of at least 4 members (excludes halogenated alkanes) is 1. The number of benzene rings is 1. The molecule has 0 amide bonds. The van der Waals surface area contributed by atoms with Crippen LogP contribution in [0.1, 0.15) is 36.6 Å². The fraction of sp³-hybridized carbons (Fsp3) is 0.312. The van der Waals surface area contributed by atoms with Crippen LogP contribution >= 0.6 is 0 Å². The highest BCUT2D eigenvalue weighted by atomic mass is 16.3. The molecule has 0 bridgehead atoms. The molecule has 0 aliphatic carbocycles. The number of aliphatic hydroxyl groups excluding tert-OH is 1. The first-order valence-corrected chi connectivity index (χ1v) is 6.20. The van der Waals surface area contributed by atoms with Gasteiger partial charge in [-0.15, -0.1) is 12.3 Å². The predicted molar refractivity (Wildman–Crippen MR) is 74.1 cm³/mol. The molecule has 18 heavy (non-hydrogen) atoms. The number of fused-ring (bicyclic) bond motifs is 1. The highest BCUT2D eigenvalue weighted by molar-refractivity contribution is 5.82. The van der Waals surface area contributed by atoms with Gasteiger partial charge in [-0.1, -0.05) is 18.2 Å². The van der Waals surface area contributed by atoms with Gasteiger partial charge in [-0.25, -0.2) is 0 Å². The lowest BCUT2D eigenvalue weighted by molar-refractivity contribution is 0.166. The second kappa shape index (κ2) is 5.66. The molecule has 2 nitrogen and oxygen atoms in total. The van der Waals surface area contributed by atoms with E-state index in [0.717, 1.165) is 28.6 Å². The first-order chi connectivity index (χ1) is 8.72. The average Bonchev–Trinajstić information content (AvgIpc) is 2.38. The van der Waals surface area contributed by atoms with Crippen LogP contribution in [0, 0.1) is 19.3 Å². The molecule has 2 rings (SSSR count). The molecule has 0 spiro atoms. The number of aromatic nitrogens is 1. The lowest BCUT2D eigenvalue weighted by Crippen LogP contribution is -2.00. The van der Waals surface area contributed by atoms with Crippen LogP contribution in [-0.2, 0) is 0 Å². The quantitative estimate of drug-likeness (QED) is 0.655. The lowest BCUT2D eigenvalue weighted by Gasteiger charge is -2.13. The number of rotatable bonds is 4. The van der Waals surface area contributed by atoms with E-state index in [-0.39, 0.29) is 0 Å². The summed E-state index contributed by atoms with van der Waals surface area (Å²) in [5.41, 5.74) is 2.82. The molecule has 0 aliphatic rings. The summed E-state index contributed by atoms with van der Waals surface area (Å²) in [5.74, 6) is 2.60. The number of aryl methyl sites for hydroxylation is 1. The predicted octanol–water partition coefficient (Wildman–Crippen LogP) is 3.38. The first kappa shape index (κ1) is 12.6. The van der Waals surface area contributed by atoms with Gasteiger partial charge in [0.1, 0.15) is 0 Å². The molecule has 0 saturated heterocycles. The largest absolute Gasteiger partial charge is 0.388 e. The topological polar surface area (TPSA) is 33.1 Å². The second-order valence-corrected chi connectivity index (χ2v) is 4.48. The van der Waals surface area contributed by atoms with Crippen LogP contribution in [0.15, 0.2) is 30.3 Å². The van der Waals surface area contributed by atoms with Crippen molar-refractivity contribution < 1.29 is 5.11 Å². The molecular formula is C16H17NO. The van der Waals surface area contributed by atoms with Crippen molar-refractivity contribution in [3.8, 4) is 12.3 Å². The number of aliphatic hydroxyl groups is 1. The maximum atomic E-state index is 10.3. The first-order valence-electron chi connectivity index (χ1n) is 6.20. The van der Waals surface area contributed by atoms with E-state index in [0.29, 0.717) is 12.8 Å². The lowest BCUT2D eigenvalue weighted by atomic mass is 9.99. The Hall–Kier alpha value is -1.85. The third-order valence-electron chi connectivity index (χ3n) is 3.03. The number of para-hydroxylation sites is 1. The number of pyridine rings is 1. The summed E-state index contributed by atoms with van der Waals surface area (Å²) in [5, 5.41) is 11.3. The zero-order valence-electron chi connectivity index (χ0n) is 10.6. The molecule has 0 aliphatic heterocycles. The van der Waals surface area contributed by atoms with Crippen LogP contribution in [0.2, 0.25) is 0 Å². The van der Waals surface area contributed by atoms with E-state index >= 15 is 0 Å². The Labute approximate surface area is 108 Å².